The summed E-state index contributed by atoms with van der Waals surface area (Å²) in [5.41, 5.74) is 2.12. The number of hydrogen-bond donors (Lipinski definition) is 1. The van der Waals surface area contributed by atoms with Gasteiger partial charge in [0.05, 0.1) is 10.2 Å². The topological polar surface area (TPSA) is 104 Å². The van der Waals surface area contributed by atoms with E-state index in [4.69, 9.17) is 19.5 Å². The van der Waals surface area contributed by atoms with E-state index in [-0.39, 0.29) is 12.2 Å². The highest BCUT2D eigenvalue weighted by molar-refractivity contribution is 14.1. The van der Waals surface area contributed by atoms with Gasteiger partial charge in [-0.25, -0.2) is 0 Å². The van der Waals surface area contributed by atoms with Crippen molar-refractivity contribution in [3.63, 3.8) is 0 Å². The molecular formula is C27H22IN3O4. The number of carbonyl (C=O) groups excluding carboxylic acids is 1. The Hall–Kier alpha value is -4.02. The van der Waals surface area contributed by atoms with Gasteiger partial charge < -0.3 is 19.5 Å². The molecule has 3 rings (SSSR count). The quantitative estimate of drug-likeness (QED) is 0.187. The molecule has 176 valence electrons. The van der Waals surface area contributed by atoms with Gasteiger partial charge in [0.2, 0.25) is 0 Å². The lowest BCUT2D eigenvalue weighted by Gasteiger charge is -2.13. The Morgan fingerprint density at radius 2 is 1.77 bits per heavy atom. The maximum Gasteiger partial charge on any atom is 0.266 e. The van der Waals surface area contributed by atoms with Crippen LogP contribution in [0.4, 0.5) is 5.69 Å². The standard InChI is InChI=1S/C27H22IN3O4/c1-2-33-25-16-20(15-24(28)26(25)34-13-12-29)14-21(17-30)27(32)31-22-8-10-23(11-9-22)35-18-19-6-4-3-5-7-19/h3-11,14-16H,2,13,18H2,1H3,(H,31,32)/b21-14+. The summed E-state index contributed by atoms with van der Waals surface area (Å²) in [6, 6.07) is 24.0. The smallest absolute Gasteiger partial charge is 0.266 e. The highest BCUT2D eigenvalue weighted by Crippen LogP contribution is 2.35. The molecule has 0 atom stereocenters. The number of amides is 1. The first kappa shape index (κ1) is 25.6. The SMILES string of the molecule is CCOc1cc(/C=C(\C#N)C(=O)Nc2ccc(OCc3ccccc3)cc2)cc(I)c1OCC#N. The van der Waals surface area contributed by atoms with E-state index in [1.807, 2.05) is 49.4 Å². The van der Waals surface area contributed by atoms with Gasteiger partial charge in [0, 0.05) is 5.69 Å². The minimum Gasteiger partial charge on any atom is -0.490 e. The van der Waals surface area contributed by atoms with Gasteiger partial charge in [-0.15, -0.1) is 0 Å². The van der Waals surface area contributed by atoms with Gasteiger partial charge in [0.25, 0.3) is 5.91 Å². The Morgan fingerprint density at radius 3 is 2.43 bits per heavy atom. The maximum atomic E-state index is 12.7. The highest BCUT2D eigenvalue weighted by atomic mass is 127. The van der Waals surface area contributed by atoms with Crippen molar-refractivity contribution in [2.75, 3.05) is 18.5 Å². The molecule has 0 unspecified atom stereocenters. The van der Waals surface area contributed by atoms with Crippen molar-refractivity contribution >= 4 is 40.3 Å². The fourth-order valence-electron chi connectivity index (χ4n) is 3.07. The van der Waals surface area contributed by atoms with E-state index in [0.29, 0.717) is 45.3 Å². The van der Waals surface area contributed by atoms with Crippen LogP contribution >= 0.6 is 22.6 Å². The molecule has 0 aliphatic carbocycles. The lowest BCUT2D eigenvalue weighted by Crippen LogP contribution is -2.13. The summed E-state index contributed by atoms with van der Waals surface area (Å²) in [5.74, 6) is 1.01. The molecule has 0 aromatic heterocycles. The molecule has 0 aliphatic rings. The van der Waals surface area contributed by atoms with Crippen molar-refractivity contribution in [1.82, 2.24) is 0 Å². The summed E-state index contributed by atoms with van der Waals surface area (Å²) >= 11 is 2.06. The number of nitriles is 2. The summed E-state index contributed by atoms with van der Waals surface area (Å²) in [5, 5.41) is 21.1. The Balaban J connectivity index is 1.70. The van der Waals surface area contributed by atoms with Crippen molar-refractivity contribution in [2.24, 2.45) is 0 Å². The van der Waals surface area contributed by atoms with Crippen LogP contribution in [0.3, 0.4) is 0 Å². The van der Waals surface area contributed by atoms with Crippen LogP contribution in [0.2, 0.25) is 0 Å². The van der Waals surface area contributed by atoms with Gasteiger partial charge in [-0.3, -0.25) is 4.79 Å². The number of rotatable bonds is 10. The van der Waals surface area contributed by atoms with Gasteiger partial charge in [-0.1, -0.05) is 30.3 Å². The second-order valence-corrected chi connectivity index (χ2v) is 8.29. The van der Waals surface area contributed by atoms with Crippen molar-refractivity contribution in [2.45, 2.75) is 13.5 Å². The minimum atomic E-state index is -0.539. The molecule has 0 heterocycles. The number of anilines is 1. The molecular weight excluding hydrogens is 557 g/mol. The molecule has 0 saturated heterocycles. The molecule has 0 bridgehead atoms. The van der Waals surface area contributed by atoms with Gasteiger partial charge in [-0.2, -0.15) is 10.5 Å². The van der Waals surface area contributed by atoms with E-state index in [9.17, 15) is 10.1 Å². The largest absolute Gasteiger partial charge is 0.490 e. The number of carbonyl (C=O) groups is 1. The molecule has 1 N–H and O–H groups in total. The van der Waals surface area contributed by atoms with Crippen molar-refractivity contribution in [3.05, 3.63) is 87.0 Å². The molecule has 0 spiro atoms. The second-order valence-electron chi connectivity index (χ2n) is 7.13. The third-order valence-corrected chi connectivity index (χ3v) is 5.45. The number of benzene rings is 3. The van der Waals surface area contributed by atoms with E-state index < -0.39 is 5.91 Å². The summed E-state index contributed by atoms with van der Waals surface area (Å²) < 4.78 is 17.5. The number of nitrogens with one attached hydrogen (secondary N) is 1. The zero-order valence-corrected chi connectivity index (χ0v) is 21.1. The minimum absolute atomic E-state index is 0.0710. The van der Waals surface area contributed by atoms with E-state index in [1.54, 1.807) is 36.4 Å². The normalized spacial score (nSPS) is 10.6. The summed E-state index contributed by atoms with van der Waals surface area (Å²) in [7, 11) is 0. The molecule has 0 aliphatic heterocycles. The highest BCUT2D eigenvalue weighted by Gasteiger charge is 2.14. The third-order valence-electron chi connectivity index (χ3n) is 4.65. The lowest BCUT2D eigenvalue weighted by molar-refractivity contribution is -0.112. The summed E-state index contributed by atoms with van der Waals surface area (Å²) in [4.78, 5) is 12.7. The molecule has 0 saturated carbocycles. The molecule has 35 heavy (non-hydrogen) atoms. The number of hydrogen-bond acceptors (Lipinski definition) is 6. The molecule has 8 heteroatoms. The number of halogens is 1. The van der Waals surface area contributed by atoms with Crippen LogP contribution in [0.15, 0.2) is 72.3 Å². The Labute approximate surface area is 217 Å². The monoisotopic (exact) mass is 579 g/mol. The van der Waals surface area contributed by atoms with Crippen LogP contribution in [0, 0.1) is 26.2 Å². The number of nitrogens with zero attached hydrogens (tertiary/aromatic N) is 2. The van der Waals surface area contributed by atoms with E-state index in [0.717, 1.165) is 5.56 Å². The first-order valence-electron chi connectivity index (χ1n) is 10.7. The maximum absolute atomic E-state index is 12.7. The predicted molar refractivity (Wildman–Crippen MR) is 141 cm³/mol. The van der Waals surface area contributed by atoms with Crippen LogP contribution in [0.5, 0.6) is 17.2 Å². The van der Waals surface area contributed by atoms with E-state index in [1.165, 1.54) is 6.08 Å². The molecule has 1 amide bonds. The van der Waals surface area contributed by atoms with Crippen LogP contribution in [-0.2, 0) is 11.4 Å². The fraction of sp³-hybridized carbons (Fsp3) is 0.148. The van der Waals surface area contributed by atoms with Crippen LogP contribution < -0.4 is 19.5 Å². The zero-order chi connectivity index (χ0) is 25.0. The van der Waals surface area contributed by atoms with Gasteiger partial charge >= 0.3 is 0 Å². The third kappa shape index (κ3) is 7.49. The zero-order valence-electron chi connectivity index (χ0n) is 19.0. The predicted octanol–water partition coefficient (Wildman–Crippen LogP) is 5.72. The van der Waals surface area contributed by atoms with Crippen molar-refractivity contribution in [1.29, 1.82) is 10.5 Å². The fourth-order valence-corrected chi connectivity index (χ4v) is 3.85. The van der Waals surface area contributed by atoms with Gasteiger partial charge in [0.15, 0.2) is 18.1 Å². The summed E-state index contributed by atoms with van der Waals surface area (Å²) in [6.45, 7) is 2.54. The van der Waals surface area contributed by atoms with Crippen molar-refractivity contribution in [3.8, 4) is 29.4 Å². The molecule has 7 nitrogen and oxygen atoms in total. The van der Waals surface area contributed by atoms with Crippen LogP contribution in [0.1, 0.15) is 18.1 Å². The Morgan fingerprint density at radius 1 is 1.03 bits per heavy atom. The van der Waals surface area contributed by atoms with E-state index in [2.05, 4.69) is 27.9 Å². The van der Waals surface area contributed by atoms with E-state index >= 15 is 0 Å². The first-order chi connectivity index (χ1) is 17.0. The van der Waals surface area contributed by atoms with Crippen LogP contribution in [0.25, 0.3) is 6.08 Å². The molecule has 0 fully saturated rings. The number of ether oxygens (including phenoxy) is 3. The van der Waals surface area contributed by atoms with Gasteiger partial charge in [0.1, 0.15) is 30.1 Å². The average molecular weight is 579 g/mol. The Kier molecular flexibility index (Phi) is 9.52. The van der Waals surface area contributed by atoms with Gasteiger partial charge in [-0.05, 0) is 83.1 Å². The van der Waals surface area contributed by atoms with Crippen molar-refractivity contribution < 1.29 is 19.0 Å². The molecule has 0 radical (unpaired) electrons. The second kappa shape index (κ2) is 13.0. The van der Waals surface area contributed by atoms with Crippen LogP contribution in [-0.4, -0.2) is 19.1 Å². The first-order valence-corrected chi connectivity index (χ1v) is 11.8. The molecule has 3 aromatic carbocycles. The Bertz CT molecular complexity index is 1280. The average Bonchev–Trinajstić information content (AvgIpc) is 2.87. The lowest BCUT2D eigenvalue weighted by atomic mass is 10.1. The molecule has 3 aromatic rings. The summed E-state index contributed by atoms with van der Waals surface area (Å²) in [6.07, 6.45) is 1.48.